The van der Waals surface area contributed by atoms with E-state index in [1.165, 1.54) is 89.0 Å². The van der Waals surface area contributed by atoms with Crippen LogP contribution >= 0.6 is 0 Å². The fourth-order valence-corrected chi connectivity index (χ4v) is 10.4. The van der Waals surface area contributed by atoms with Crippen LogP contribution in [0.25, 0.3) is 66.8 Å². The van der Waals surface area contributed by atoms with Gasteiger partial charge in [0.15, 0.2) is 0 Å². The largest absolute Gasteiger partial charge is 0.310 e. The van der Waals surface area contributed by atoms with Crippen molar-refractivity contribution in [2.75, 3.05) is 4.90 Å². The van der Waals surface area contributed by atoms with Gasteiger partial charge in [-0.05, 0) is 125 Å². The molecule has 292 valence electrons. The van der Waals surface area contributed by atoms with Crippen LogP contribution in [0.15, 0.2) is 212 Å². The van der Waals surface area contributed by atoms with Crippen molar-refractivity contribution in [3.05, 3.63) is 235 Å². The summed E-state index contributed by atoms with van der Waals surface area (Å²) in [5.41, 5.74) is 24.0. The lowest BCUT2D eigenvalue weighted by Crippen LogP contribution is -2.16. The minimum absolute atomic E-state index is 0.0866. The van der Waals surface area contributed by atoms with E-state index < -0.39 is 0 Å². The van der Waals surface area contributed by atoms with Crippen molar-refractivity contribution >= 4 is 17.1 Å². The maximum Gasteiger partial charge on any atom is 0.0465 e. The summed E-state index contributed by atoms with van der Waals surface area (Å²) in [6, 6.07) is 78.3. The molecule has 0 bridgehead atoms. The molecular formula is C60H47N. The molecule has 0 atom stereocenters. The summed E-state index contributed by atoms with van der Waals surface area (Å²) in [5.74, 6) is 0. The predicted molar refractivity (Wildman–Crippen MR) is 258 cm³/mol. The highest BCUT2D eigenvalue weighted by Gasteiger charge is 2.38. The van der Waals surface area contributed by atoms with E-state index in [2.05, 4.69) is 245 Å². The fraction of sp³-hybridized carbons (Fsp3) is 0.100. The third kappa shape index (κ3) is 5.99. The molecule has 0 saturated carbocycles. The van der Waals surface area contributed by atoms with E-state index in [0.717, 1.165) is 17.1 Å². The second-order valence-corrected chi connectivity index (χ2v) is 17.7. The lowest BCUT2D eigenvalue weighted by molar-refractivity contribution is 0.660. The zero-order valence-electron chi connectivity index (χ0n) is 35.2. The van der Waals surface area contributed by atoms with E-state index in [9.17, 15) is 0 Å². The van der Waals surface area contributed by atoms with Crippen LogP contribution in [0.5, 0.6) is 0 Å². The molecule has 11 rings (SSSR count). The smallest absolute Gasteiger partial charge is 0.0465 e. The van der Waals surface area contributed by atoms with Gasteiger partial charge < -0.3 is 4.90 Å². The molecule has 9 aromatic carbocycles. The lowest BCUT2D eigenvalue weighted by atomic mass is 9.79. The molecule has 1 heteroatoms. The average Bonchev–Trinajstić information content (AvgIpc) is 3.69. The third-order valence-corrected chi connectivity index (χ3v) is 13.5. The Hall–Kier alpha value is -7.22. The van der Waals surface area contributed by atoms with Crippen LogP contribution in [0.3, 0.4) is 0 Å². The van der Waals surface area contributed by atoms with Gasteiger partial charge in [0.2, 0.25) is 0 Å². The van der Waals surface area contributed by atoms with Gasteiger partial charge in [-0.3, -0.25) is 0 Å². The van der Waals surface area contributed by atoms with Gasteiger partial charge in [0, 0.05) is 27.9 Å². The molecule has 0 heterocycles. The highest BCUT2D eigenvalue weighted by molar-refractivity contribution is 5.90. The molecule has 0 radical (unpaired) electrons. The normalized spacial score (nSPS) is 13.8. The molecule has 2 aliphatic carbocycles. The first-order valence-electron chi connectivity index (χ1n) is 21.5. The van der Waals surface area contributed by atoms with Crippen LogP contribution in [0.1, 0.15) is 49.9 Å². The van der Waals surface area contributed by atoms with Crippen LogP contribution in [0, 0.1) is 0 Å². The van der Waals surface area contributed by atoms with Crippen molar-refractivity contribution in [3.8, 4) is 66.8 Å². The van der Waals surface area contributed by atoms with Crippen LogP contribution in [0.2, 0.25) is 0 Å². The van der Waals surface area contributed by atoms with Gasteiger partial charge in [0.05, 0.1) is 0 Å². The summed E-state index contributed by atoms with van der Waals surface area (Å²) in [4.78, 5) is 2.42. The van der Waals surface area contributed by atoms with Gasteiger partial charge in [-0.1, -0.05) is 204 Å². The maximum absolute atomic E-state index is 2.42. The summed E-state index contributed by atoms with van der Waals surface area (Å²) < 4.78 is 0. The van der Waals surface area contributed by atoms with Crippen molar-refractivity contribution in [1.82, 2.24) is 0 Å². The van der Waals surface area contributed by atoms with Crippen molar-refractivity contribution in [2.45, 2.75) is 38.5 Å². The molecule has 0 spiro atoms. The Bertz CT molecular complexity index is 3100. The third-order valence-electron chi connectivity index (χ3n) is 13.5. The Morgan fingerprint density at radius 3 is 1.28 bits per heavy atom. The van der Waals surface area contributed by atoms with Gasteiger partial charge in [-0.25, -0.2) is 0 Å². The fourth-order valence-electron chi connectivity index (χ4n) is 10.4. The number of hydrogen-bond donors (Lipinski definition) is 0. The monoisotopic (exact) mass is 781 g/mol. The molecule has 0 saturated heterocycles. The average molecular weight is 782 g/mol. The van der Waals surface area contributed by atoms with E-state index in [-0.39, 0.29) is 10.8 Å². The molecule has 1 nitrogen and oxygen atoms in total. The summed E-state index contributed by atoms with van der Waals surface area (Å²) in [6.45, 7) is 9.46. The van der Waals surface area contributed by atoms with Gasteiger partial charge in [-0.15, -0.1) is 0 Å². The van der Waals surface area contributed by atoms with Crippen LogP contribution in [-0.4, -0.2) is 0 Å². The number of fused-ring (bicyclic) bond motifs is 6. The Kier molecular flexibility index (Phi) is 8.58. The maximum atomic E-state index is 2.42. The molecule has 0 amide bonds. The van der Waals surface area contributed by atoms with E-state index >= 15 is 0 Å². The quantitative estimate of drug-likeness (QED) is 0.156. The molecule has 0 aliphatic heterocycles. The second kappa shape index (κ2) is 14.2. The topological polar surface area (TPSA) is 3.24 Å². The van der Waals surface area contributed by atoms with Gasteiger partial charge >= 0.3 is 0 Å². The Morgan fingerprint density at radius 1 is 0.262 bits per heavy atom. The van der Waals surface area contributed by atoms with Crippen molar-refractivity contribution in [1.29, 1.82) is 0 Å². The Balaban J connectivity index is 0.967. The first kappa shape index (κ1) is 36.8. The molecular weight excluding hydrogens is 735 g/mol. The number of anilines is 3. The molecule has 0 unspecified atom stereocenters. The van der Waals surface area contributed by atoms with Gasteiger partial charge in [0.25, 0.3) is 0 Å². The molecule has 0 aromatic heterocycles. The number of nitrogens with zero attached hydrogens (tertiary/aromatic N) is 1. The number of benzene rings is 9. The summed E-state index contributed by atoms with van der Waals surface area (Å²) in [5, 5.41) is 0. The van der Waals surface area contributed by atoms with E-state index in [4.69, 9.17) is 0 Å². The second-order valence-electron chi connectivity index (χ2n) is 17.7. The first-order valence-corrected chi connectivity index (χ1v) is 21.5. The lowest BCUT2D eigenvalue weighted by Gasteiger charge is -2.29. The van der Waals surface area contributed by atoms with E-state index in [0.29, 0.717) is 0 Å². The van der Waals surface area contributed by atoms with Crippen molar-refractivity contribution in [2.24, 2.45) is 0 Å². The Labute approximate surface area is 360 Å². The van der Waals surface area contributed by atoms with Crippen LogP contribution < -0.4 is 4.90 Å². The van der Waals surface area contributed by atoms with Crippen molar-refractivity contribution < 1.29 is 0 Å². The van der Waals surface area contributed by atoms with Crippen molar-refractivity contribution in [3.63, 3.8) is 0 Å². The van der Waals surface area contributed by atoms with E-state index in [1.807, 2.05) is 0 Å². The molecule has 0 N–H and O–H groups in total. The van der Waals surface area contributed by atoms with Crippen LogP contribution in [-0.2, 0) is 10.8 Å². The number of hydrogen-bond acceptors (Lipinski definition) is 1. The van der Waals surface area contributed by atoms with E-state index in [1.54, 1.807) is 0 Å². The zero-order chi connectivity index (χ0) is 41.3. The highest BCUT2D eigenvalue weighted by atomic mass is 15.1. The summed E-state index contributed by atoms with van der Waals surface area (Å²) in [6.07, 6.45) is 0. The summed E-state index contributed by atoms with van der Waals surface area (Å²) >= 11 is 0. The SMILES string of the molecule is CC1(C)c2ccccc2-c2ccc(N(c3ccc(-c4ccc(-c5ccccc5-c5ccccc5)cc4)cc3)c3ccc(-c4cccc5c4C(C)(C)c4ccccc4-5)cc3)cc21. The van der Waals surface area contributed by atoms with Crippen LogP contribution in [0.4, 0.5) is 17.1 Å². The molecule has 2 aliphatic rings. The number of rotatable bonds is 7. The zero-order valence-corrected chi connectivity index (χ0v) is 35.2. The predicted octanol–water partition coefficient (Wildman–Crippen LogP) is 16.4. The summed E-state index contributed by atoms with van der Waals surface area (Å²) in [7, 11) is 0. The van der Waals surface area contributed by atoms with Gasteiger partial charge in [-0.2, -0.15) is 0 Å². The molecule has 0 fully saturated rings. The molecule has 9 aromatic rings. The van der Waals surface area contributed by atoms with Gasteiger partial charge in [0.1, 0.15) is 0 Å². The standard InChI is InChI=1S/C60H47N/c1-59(2)55-23-12-10-19-51(55)53-38-37-47(39-57(53)59)61(46-35-31-44(32-36-46)50-21-14-22-54-52-20-11-13-24-56(52)60(3,4)58(50)54)45-33-29-41(30-34-45)40-25-27-43(28-26-40)49-18-9-8-17-48(49)42-15-6-5-7-16-42/h5-39H,1-4H3. The highest BCUT2D eigenvalue weighted by Crippen LogP contribution is 2.53. The molecule has 61 heavy (non-hydrogen) atoms. The first-order chi connectivity index (χ1) is 29.8. The minimum Gasteiger partial charge on any atom is -0.310 e. The minimum atomic E-state index is -0.104. The Morgan fingerprint density at radius 2 is 0.656 bits per heavy atom.